The molecule has 1 aromatic carbocycles. The summed E-state index contributed by atoms with van der Waals surface area (Å²) < 4.78 is 13.3. The number of nitrogens with two attached hydrogens (primary N) is 1. The Morgan fingerprint density at radius 2 is 1.82 bits per heavy atom. The van der Waals surface area contributed by atoms with Crippen LogP contribution in [0.5, 0.6) is 0 Å². The first-order valence-electron chi connectivity index (χ1n) is 10.7. The van der Waals surface area contributed by atoms with E-state index in [1.165, 1.54) is 12.1 Å². The van der Waals surface area contributed by atoms with Crippen LogP contribution in [0.25, 0.3) is 11.0 Å². The van der Waals surface area contributed by atoms with E-state index in [1.807, 2.05) is 6.92 Å². The van der Waals surface area contributed by atoms with Gasteiger partial charge in [-0.2, -0.15) is 0 Å². The number of aliphatic hydroxyl groups is 1. The van der Waals surface area contributed by atoms with Crippen LogP contribution < -0.4 is 5.73 Å². The summed E-state index contributed by atoms with van der Waals surface area (Å²) in [6.07, 6.45) is 1.79. The third-order valence-corrected chi connectivity index (χ3v) is 5.02. The number of benzene rings is 1. The molecule has 1 amide bonds. The minimum Gasteiger partial charge on any atom is -0.481 e. The molecular formula is C22H33FN4O6. The first-order chi connectivity index (χ1) is 15.4. The Bertz CT molecular complexity index is 915. The maximum atomic E-state index is 13.3. The number of carbonyl (C=O) groups excluding carboxylic acids is 1. The molecular weight excluding hydrogens is 435 g/mol. The van der Waals surface area contributed by atoms with Crippen LogP contribution in [0.1, 0.15) is 45.9 Å². The molecule has 10 nitrogen and oxygen atoms in total. The van der Waals surface area contributed by atoms with Gasteiger partial charge in [-0.15, -0.1) is 0 Å². The largest absolute Gasteiger partial charge is 0.481 e. The van der Waals surface area contributed by atoms with E-state index in [0.29, 0.717) is 37.9 Å². The number of aromatic amines is 1. The van der Waals surface area contributed by atoms with Gasteiger partial charge >= 0.3 is 0 Å². The van der Waals surface area contributed by atoms with Gasteiger partial charge in [0.2, 0.25) is 5.91 Å². The monoisotopic (exact) mass is 468 g/mol. The summed E-state index contributed by atoms with van der Waals surface area (Å²) in [4.78, 5) is 40.0. The van der Waals surface area contributed by atoms with Crippen LogP contribution in [0.4, 0.5) is 4.39 Å². The smallest absolute Gasteiger partial charge is 0.300 e. The highest BCUT2D eigenvalue weighted by atomic mass is 19.1. The first kappa shape index (κ1) is 28.0. The fourth-order valence-corrected chi connectivity index (χ4v) is 3.47. The van der Waals surface area contributed by atoms with Crippen molar-refractivity contribution in [3.05, 3.63) is 29.8 Å². The summed E-state index contributed by atoms with van der Waals surface area (Å²) in [5.41, 5.74) is 7.20. The zero-order chi connectivity index (χ0) is 25.1. The summed E-state index contributed by atoms with van der Waals surface area (Å²) in [5.74, 6) is -1.34. The maximum absolute atomic E-state index is 13.3. The fourth-order valence-electron chi connectivity index (χ4n) is 3.47. The Morgan fingerprint density at radius 3 is 2.36 bits per heavy atom. The topological polar surface area (TPSA) is 170 Å². The summed E-state index contributed by atoms with van der Waals surface area (Å²) in [6, 6.07) is 4.21. The van der Waals surface area contributed by atoms with Crippen molar-refractivity contribution in [3.8, 4) is 0 Å². The normalized spacial score (nSPS) is 19.5. The lowest BCUT2D eigenvalue weighted by atomic mass is 9.83. The molecule has 1 aliphatic rings. The van der Waals surface area contributed by atoms with Gasteiger partial charge in [0.05, 0.1) is 17.1 Å². The number of carbonyl (C=O) groups is 3. The number of halogens is 1. The van der Waals surface area contributed by atoms with Gasteiger partial charge in [-0.05, 0) is 44.4 Å². The predicted molar refractivity (Wildman–Crippen MR) is 120 cm³/mol. The third-order valence-electron chi connectivity index (χ3n) is 5.02. The number of aliphatic carboxylic acids is 2. The highest BCUT2D eigenvalue weighted by Gasteiger charge is 2.32. The number of imidazole rings is 1. The zero-order valence-corrected chi connectivity index (χ0v) is 19.1. The number of H-pyrrole nitrogens is 1. The number of rotatable bonds is 5. The molecule has 0 radical (unpaired) electrons. The first-order valence-corrected chi connectivity index (χ1v) is 10.7. The number of fused-ring (bicyclic) bond motifs is 1. The number of aliphatic hydroxyl groups excluding tert-OH is 1. The fraction of sp³-hybridized carbons (Fsp3) is 0.545. The Balaban J connectivity index is 0.000000591. The number of aromatic nitrogens is 2. The van der Waals surface area contributed by atoms with Gasteiger partial charge in [-0.3, -0.25) is 14.4 Å². The van der Waals surface area contributed by atoms with Crippen LogP contribution in [0.3, 0.4) is 0 Å². The van der Waals surface area contributed by atoms with Gasteiger partial charge < -0.3 is 30.9 Å². The van der Waals surface area contributed by atoms with Crippen molar-refractivity contribution in [2.24, 2.45) is 11.7 Å². The van der Waals surface area contributed by atoms with Crippen molar-refractivity contribution in [1.82, 2.24) is 14.9 Å². The summed E-state index contributed by atoms with van der Waals surface area (Å²) >= 11 is 0. The van der Waals surface area contributed by atoms with Gasteiger partial charge in [-0.25, -0.2) is 9.37 Å². The Kier molecular flexibility index (Phi) is 11.4. The van der Waals surface area contributed by atoms with E-state index in [2.05, 4.69) is 9.97 Å². The second kappa shape index (κ2) is 13.5. The Labute approximate surface area is 191 Å². The molecule has 1 fully saturated rings. The number of nitrogens with zero attached hydrogens (tertiary/aromatic N) is 2. The van der Waals surface area contributed by atoms with E-state index < -0.39 is 18.0 Å². The minimum absolute atomic E-state index is 0.0654. The van der Waals surface area contributed by atoms with Crippen molar-refractivity contribution in [3.63, 3.8) is 0 Å². The van der Waals surface area contributed by atoms with E-state index >= 15 is 0 Å². The number of likely N-dealkylation sites (N-methyl/N-ethyl adjacent to an activating group) is 1. The molecule has 3 atom stereocenters. The molecule has 0 bridgehead atoms. The molecule has 0 spiro atoms. The van der Waals surface area contributed by atoms with Crippen LogP contribution in [-0.2, 0) is 20.8 Å². The molecule has 6 N–H and O–H groups in total. The van der Waals surface area contributed by atoms with Crippen molar-refractivity contribution in [2.45, 2.75) is 58.6 Å². The van der Waals surface area contributed by atoms with Gasteiger partial charge in [-0.1, -0.05) is 0 Å². The molecule has 33 heavy (non-hydrogen) atoms. The molecule has 0 unspecified atom stereocenters. The Morgan fingerprint density at radius 1 is 1.21 bits per heavy atom. The van der Waals surface area contributed by atoms with Gasteiger partial charge in [0.15, 0.2) is 0 Å². The van der Waals surface area contributed by atoms with Gasteiger partial charge in [0.1, 0.15) is 11.6 Å². The second-order valence-corrected chi connectivity index (χ2v) is 7.79. The SMILES string of the molecule is CC(=O)O.CC(=O)O.CCN(CCc1nc2ccc(F)cc2[nH]1)C(=O)[C@H]1CC[C@H](N)[C@@H](O)C1. The van der Waals surface area contributed by atoms with E-state index in [4.69, 9.17) is 25.5 Å². The molecule has 1 saturated carbocycles. The maximum Gasteiger partial charge on any atom is 0.300 e. The van der Waals surface area contributed by atoms with Crippen LogP contribution >= 0.6 is 0 Å². The molecule has 2 aromatic rings. The van der Waals surface area contributed by atoms with Crippen LogP contribution in [0, 0.1) is 11.7 Å². The molecule has 0 aliphatic heterocycles. The lowest BCUT2D eigenvalue weighted by Crippen LogP contribution is -2.46. The van der Waals surface area contributed by atoms with Crippen molar-refractivity contribution in [2.75, 3.05) is 13.1 Å². The molecule has 3 rings (SSSR count). The number of nitrogens with one attached hydrogen (secondary N) is 1. The Hall–Kier alpha value is -3.05. The summed E-state index contributed by atoms with van der Waals surface area (Å²) in [7, 11) is 0. The third kappa shape index (κ3) is 9.96. The quantitative estimate of drug-likeness (QED) is 0.442. The van der Waals surface area contributed by atoms with Crippen molar-refractivity contribution >= 4 is 28.9 Å². The highest BCUT2D eigenvalue weighted by molar-refractivity contribution is 5.79. The number of amides is 1. The van der Waals surface area contributed by atoms with Crippen molar-refractivity contribution in [1.29, 1.82) is 0 Å². The van der Waals surface area contributed by atoms with Gasteiger partial charge in [0.25, 0.3) is 11.9 Å². The number of hydrogen-bond acceptors (Lipinski definition) is 6. The van der Waals surface area contributed by atoms with E-state index in [9.17, 15) is 14.3 Å². The summed E-state index contributed by atoms with van der Waals surface area (Å²) in [6.45, 7) is 5.25. The molecule has 1 heterocycles. The zero-order valence-electron chi connectivity index (χ0n) is 19.1. The molecule has 184 valence electrons. The summed E-state index contributed by atoms with van der Waals surface area (Å²) in [5, 5.41) is 24.8. The second-order valence-electron chi connectivity index (χ2n) is 7.79. The van der Waals surface area contributed by atoms with Crippen LogP contribution in [0.2, 0.25) is 0 Å². The van der Waals surface area contributed by atoms with E-state index in [0.717, 1.165) is 31.6 Å². The lowest BCUT2D eigenvalue weighted by Gasteiger charge is -2.33. The van der Waals surface area contributed by atoms with E-state index in [1.54, 1.807) is 11.0 Å². The predicted octanol–water partition coefficient (Wildman–Crippen LogP) is 1.76. The molecule has 1 aromatic heterocycles. The number of hydrogen-bond donors (Lipinski definition) is 5. The van der Waals surface area contributed by atoms with E-state index in [-0.39, 0.29) is 23.7 Å². The highest BCUT2D eigenvalue weighted by Crippen LogP contribution is 2.25. The number of carboxylic acid groups (broad SMARTS) is 2. The minimum atomic E-state index is -0.833. The molecule has 11 heteroatoms. The van der Waals surface area contributed by atoms with Crippen LogP contribution in [-0.4, -0.2) is 73.3 Å². The average molecular weight is 469 g/mol. The lowest BCUT2D eigenvalue weighted by molar-refractivity contribution is -0.138. The van der Waals surface area contributed by atoms with Crippen LogP contribution in [0.15, 0.2) is 18.2 Å². The molecule has 1 aliphatic carbocycles. The standard InChI is InChI=1S/C18H25FN4O2.2C2H4O2/c1-2-23(18(25)11-3-5-13(20)16(24)9-11)8-7-17-21-14-6-4-12(19)10-15(14)22-17;2*1-2(3)4/h4,6,10-11,13,16,24H,2-3,5,7-9,20H2,1H3,(H,21,22);2*1H3,(H,3,4)/t11-,13-,16-;;/m0../s1. The molecule has 0 saturated heterocycles. The van der Waals surface area contributed by atoms with Gasteiger partial charge in [0, 0.05) is 45.3 Å². The van der Waals surface area contributed by atoms with Crippen molar-refractivity contribution < 1.29 is 34.1 Å². The number of carboxylic acids is 2. The average Bonchev–Trinajstić information content (AvgIpc) is 3.11.